The van der Waals surface area contributed by atoms with Crippen LogP contribution in [0.5, 0.6) is 5.75 Å². The maximum Gasteiger partial charge on any atom is 0.212 e. The van der Waals surface area contributed by atoms with Crippen molar-refractivity contribution >= 4 is 10.0 Å². The summed E-state index contributed by atoms with van der Waals surface area (Å²) in [6.07, 6.45) is 4.92. The van der Waals surface area contributed by atoms with Crippen molar-refractivity contribution in [2.45, 2.75) is 25.8 Å². The van der Waals surface area contributed by atoms with E-state index < -0.39 is 16.1 Å². The van der Waals surface area contributed by atoms with Crippen molar-refractivity contribution in [2.75, 3.05) is 12.9 Å². The zero-order valence-corrected chi connectivity index (χ0v) is 14.5. The molecule has 0 bridgehead atoms. The molecule has 0 aliphatic carbocycles. The van der Waals surface area contributed by atoms with Crippen molar-refractivity contribution in [1.29, 1.82) is 0 Å². The predicted molar refractivity (Wildman–Crippen MR) is 89.9 cm³/mol. The van der Waals surface area contributed by atoms with Gasteiger partial charge in [0.15, 0.2) is 0 Å². The third-order valence-electron chi connectivity index (χ3n) is 3.63. The van der Waals surface area contributed by atoms with Gasteiger partial charge >= 0.3 is 0 Å². The van der Waals surface area contributed by atoms with Crippen molar-refractivity contribution < 1.29 is 13.2 Å². The molecule has 0 aliphatic heterocycles. The predicted octanol–water partition coefficient (Wildman–Crippen LogP) is 2.24. The van der Waals surface area contributed by atoms with E-state index in [4.69, 9.17) is 4.74 Å². The summed E-state index contributed by atoms with van der Waals surface area (Å²) in [6.45, 7) is 1.97. The van der Waals surface area contributed by atoms with Gasteiger partial charge in [-0.15, -0.1) is 0 Å². The maximum absolute atomic E-state index is 12.3. The largest absolute Gasteiger partial charge is 0.497 e. The number of aromatic nitrogens is 2. The molecule has 1 N–H and O–H groups in total. The van der Waals surface area contributed by atoms with Crippen molar-refractivity contribution in [3.8, 4) is 5.75 Å². The van der Waals surface area contributed by atoms with Gasteiger partial charge in [0.05, 0.1) is 12.9 Å². The van der Waals surface area contributed by atoms with Crippen LogP contribution in [0.3, 0.4) is 0 Å². The van der Waals surface area contributed by atoms with Crippen LogP contribution in [0, 0.1) is 0 Å². The summed E-state index contributed by atoms with van der Waals surface area (Å²) in [7, 11) is 0.0582. The van der Waals surface area contributed by atoms with Crippen molar-refractivity contribution in [3.63, 3.8) is 0 Å². The Morgan fingerprint density at radius 2 is 2.00 bits per heavy atom. The number of sulfonamides is 1. The Bertz CT molecular complexity index is 723. The van der Waals surface area contributed by atoms with Crippen molar-refractivity contribution in [1.82, 2.24) is 14.3 Å². The number of nitrogens with one attached hydrogen (secondary N) is 1. The van der Waals surface area contributed by atoms with Crippen LogP contribution in [0.15, 0.2) is 36.7 Å². The number of methoxy groups -OCH3 is 1. The number of unbranched alkanes of at least 4 members (excludes halogenated alkanes) is 1. The molecule has 0 unspecified atom stereocenters. The quantitative estimate of drug-likeness (QED) is 0.802. The van der Waals surface area contributed by atoms with Crippen LogP contribution in [0.1, 0.15) is 37.2 Å². The van der Waals surface area contributed by atoms with E-state index in [9.17, 15) is 8.42 Å². The lowest BCUT2D eigenvalue weighted by Crippen LogP contribution is -2.32. The van der Waals surface area contributed by atoms with Gasteiger partial charge in [-0.1, -0.05) is 25.5 Å². The normalized spacial score (nSPS) is 13.0. The highest BCUT2D eigenvalue weighted by Crippen LogP contribution is 2.24. The second-order valence-electron chi connectivity index (χ2n) is 5.39. The Hall–Kier alpha value is -1.86. The molecule has 6 nitrogen and oxygen atoms in total. The fourth-order valence-corrected chi connectivity index (χ4v) is 3.68. The van der Waals surface area contributed by atoms with Gasteiger partial charge in [-0.3, -0.25) is 0 Å². The fourth-order valence-electron chi connectivity index (χ4n) is 2.29. The second-order valence-corrected chi connectivity index (χ2v) is 7.27. The van der Waals surface area contributed by atoms with E-state index in [1.807, 2.05) is 42.8 Å². The Labute approximate surface area is 137 Å². The topological polar surface area (TPSA) is 73.2 Å². The minimum atomic E-state index is -3.38. The van der Waals surface area contributed by atoms with Crippen LogP contribution in [0.4, 0.5) is 0 Å². The molecule has 2 aromatic rings. The Kier molecular flexibility index (Phi) is 5.79. The van der Waals surface area contributed by atoms with E-state index in [1.54, 1.807) is 19.5 Å². The zero-order chi connectivity index (χ0) is 16.9. The number of ether oxygens (including phenoxy) is 1. The van der Waals surface area contributed by atoms with Gasteiger partial charge in [-0.25, -0.2) is 18.1 Å². The first-order valence-corrected chi connectivity index (χ1v) is 9.23. The lowest BCUT2D eigenvalue weighted by molar-refractivity contribution is 0.414. The summed E-state index contributed by atoms with van der Waals surface area (Å²) >= 11 is 0. The van der Waals surface area contributed by atoms with Crippen molar-refractivity contribution in [3.05, 3.63) is 48.0 Å². The van der Waals surface area contributed by atoms with Crippen LogP contribution in [0.25, 0.3) is 0 Å². The molecule has 0 saturated heterocycles. The summed E-state index contributed by atoms with van der Waals surface area (Å²) in [5.41, 5.74) is 0.820. The zero-order valence-electron chi connectivity index (χ0n) is 13.7. The summed E-state index contributed by atoms with van der Waals surface area (Å²) in [6, 6.07) is 6.79. The number of nitrogens with zero attached hydrogens (tertiary/aromatic N) is 2. The van der Waals surface area contributed by atoms with Gasteiger partial charge in [0.25, 0.3) is 0 Å². The minimum absolute atomic E-state index is 0.112. The van der Waals surface area contributed by atoms with Crippen molar-refractivity contribution in [2.24, 2.45) is 7.05 Å². The average molecular weight is 337 g/mol. The third kappa shape index (κ3) is 4.56. The molecular formula is C16H23N3O3S. The molecule has 0 saturated carbocycles. The number of imidazole rings is 1. The highest BCUT2D eigenvalue weighted by Gasteiger charge is 2.24. The monoisotopic (exact) mass is 337 g/mol. The summed E-state index contributed by atoms with van der Waals surface area (Å²) in [5, 5.41) is 0. The van der Waals surface area contributed by atoms with Gasteiger partial charge in [-0.05, 0) is 24.1 Å². The SMILES string of the molecule is CCCCS(=O)(=O)N[C@H](c1ccc(OC)cc1)c1nccn1C. The first-order valence-electron chi connectivity index (χ1n) is 7.58. The molecule has 1 aromatic heterocycles. The van der Waals surface area contributed by atoms with Gasteiger partial charge in [0.1, 0.15) is 17.6 Å². The lowest BCUT2D eigenvalue weighted by Gasteiger charge is -2.19. The molecule has 7 heteroatoms. The second kappa shape index (κ2) is 7.61. The molecule has 0 radical (unpaired) electrons. The highest BCUT2D eigenvalue weighted by atomic mass is 32.2. The highest BCUT2D eigenvalue weighted by molar-refractivity contribution is 7.89. The number of aryl methyl sites for hydroxylation is 1. The Morgan fingerprint density at radius 1 is 1.30 bits per heavy atom. The van der Waals surface area contributed by atoms with E-state index in [1.165, 1.54) is 0 Å². The molecule has 0 fully saturated rings. The van der Waals surface area contributed by atoms with Gasteiger partial charge in [-0.2, -0.15) is 0 Å². The van der Waals surface area contributed by atoms with Gasteiger partial charge in [0.2, 0.25) is 10.0 Å². The van der Waals surface area contributed by atoms with E-state index in [-0.39, 0.29) is 5.75 Å². The number of hydrogen-bond acceptors (Lipinski definition) is 4. The number of rotatable bonds is 8. The van der Waals surface area contributed by atoms with Gasteiger partial charge in [0, 0.05) is 19.4 Å². The van der Waals surface area contributed by atoms with E-state index in [2.05, 4.69) is 9.71 Å². The molecule has 0 spiro atoms. The summed E-state index contributed by atoms with van der Waals surface area (Å²) in [4.78, 5) is 4.30. The fraction of sp³-hybridized carbons (Fsp3) is 0.438. The summed E-state index contributed by atoms with van der Waals surface area (Å²) in [5.74, 6) is 1.48. The van der Waals surface area contributed by atoms with E-state index >= 15 is 0 Å². The molecule has 126 valence electrons. The molecule has 23 heavy (non-hydrogen) atoms. The first-order chi connectivity index (χ1) is 11.0. The molecule has 1 heterocycles. The summed E-state index contributed by atoms with van der Waals surface area (Å²) < 4.78 is 34.4. The molecular weight excluding hydrogens is 314 g/mol. The molecule has 1 atom stereocenters. The lowest BCUT2D eigenvalue weighted by atomic mass is 10.1. The van der Waals surface area contributed by atoms with Crippen LogP contribution in [-0.4, -0.2) is 30.8 Å². The van der Waals surface area contributed by atoms with Gasteiger partial charge < -0.3 is 9.30 Å². The maximum atomic E-state index is 12.3. The Balaban J connectivity index is 2.34. The van der Waals surface area contributed by atoms with E-state index in [0.717, 1.165) is 17.7 Å². The molecule has 0 aliphatic rings. The molecule has 2 rings (SSSR count). The number of hydrogen-bond donors (Lipinski definition) is 1. The van der Waals surface area contributed by atoms with E-state index in [0.29, 0.717) is 12.2 Å². The average Bonchev–Trinajstić information content (AvgIpc) is 2.97. The molecule has 1 aromatic carbocycles. The van der Waals surface area contributed by atoms with Crippen LogP contribution >= 0.6 is 0 Å². The molecule has 0 amide bonds. The van der Waals surface area contributed by atoms with Crippen LogP contribution in [0.2, 0.25) is 0 Å². The van der Waals surface area contributed by atoms with Crippen LogP contribution < -0.4 is 9.46 Å². The van der Waals surface area contributed by atoms with Crippen LogP contribution in [-0.2, 0) is 17.1 Å². The standard InChI is InChI=1S/C16H23N3O3S/c1-4-5-12-23(20,21)18-15(16-17-10-11-19(16)2)13-6-8-14(22-3)9-7-13/h6-11,15,18H,4-5,12H2,1-3H3/t15-/m1/s1. The minimum Gasteiger partial charge on any atom is -0.497 e. The Morgan fingerprint density at radius 3 is 2.52 bits per heavy atom. The smallest absolute Gasteiger partial charge is 0.212 e. The third-order valence-corrected chi connectivity index (χ3v) is 5.05. The first kappa shape index (κ1) is 17.5. The number of benzene rings is 1.